The third-order valence-electron chi connectivity index (χ3n) is 2.98. The van der Waals surface area contributed by atoms with Crippen LogP contribution in [0.15, 0.2) is 48.5 Å². The van der Waals surface area contributed by atoms with Crippen LogP contribution in [0, 0.1) is 11.3 Å². The van der Waals surface area contributed by atoms with Gasteiger partial charge in [0.05, 0.1) is 10.6 Å². The fourth-order valence-corrected chi connectivity index (χ4v) is 1.99. The van der Waals surface area contributed by atoms with E-state index in [1.807, 2.05) is 36.4 Å². The minimum atomic E-state index is -1.10. The first kappa shape index (κ1) is 14.4. The van der Waals surface area contributed by atoms with Crippen LogP contribution >= 0.6 is 11.6 Å². The molecule has 3 nitrogen and oxygen atoms in total. The van der Waals surface area contributed by atoms with Crippen molar-refractivity contribution in [2.45, 2.75) is 12.5 Å². The van der Waals surface area contributed by atoms with E-state index < -0.39 is 5.60 Å². The van der Waals surface area contributed by atoms with E-state index in [0.29, 0.717) is 16.3 Å². The van der Waals surface area contributed by atoms with Crippen LogP contribution in [0.4, 0.5) is 0 Å². The maximum absolute atomic E-state index is 10.4. The zero-order valence-corrected chi connectivity index (χ0v) is 11.8. The predicted molar refractivity (Wildman–Crippen MR) is 77.7 cm³/mol. The highest BCUT2D eigenvalue weighted by Gasteiger charge is 2.23. The number of rotatable bonds is 4. The molecule has 1 N–H and O–H groups in total. The zero-order chi connectivity index (χ0) is 14.6. The molecule has 0 bridgehead atoms. The SMILES string of the molecule is CC(O)(COc1ccc(C#N)c(Cl)c1)c1ccccc1. The molecule has 0 aliphatic carbocycles. The summed E-state index contributed by atoms with van der Waals surface area (Å²) in [5, 5.41) is 19.5. The van der Waals surface area contributed by atoms with Gasteiger partial charge in [-0.25, -0.2) is 0 Å². The van der Waals surface area contributed by atoms with E-state index in [4.69, 9.17) is 21.6 Å². The van der Waals surface area contributed by atoms with Crippen LogP contribution in [0.1, 0.15) is 18.1 Å². The smallest absolute Gasteiger partial charge is 0.121 e. The topological polar surface area (TPSA) is 53.2 Å². The van der Waals surface area contributed by atoms with Gasteiger partial charge < -0.3 is 9.84 Å². The summed E-state index contributed by atoms with van der Waals surface area (Å²) < 4.78 is 5.56. The lowest BCUT2D eigenvalue weighted by Crippen LogP contribution is -2.29. The lowest BCUT2D eigenvalue weighted by atomic mass is 9.97. The molecular formula is C16H14ClNO2. The summed E-state index contributed by atoms with van der Waals surface area (Å²) in [4.78, 5) is 0. The van der Waals surface area contributed by atoms with Crippen LogP contribution in [-0.2, 0) is 5.60 Å². The summed E-state index contributed by atoms with van der Waals surface area (Å²) in [5.41, 5.74) is 0.0790. The van der Waals surface area contributed by atoms with Gasteiger partial charge >= 0.3 is 0 Å². The monoisotopic (exact) mass is 287 g/mol. The Kier molecular flexibility index (Phi) is 4.29. The van der Waals surface area contributed by atoms with Crippen molar-refractivity contribution >= 4 is 11.6 Å². The third kappa shape index (κ3) is 3.30. The van der Waals surface area contributed by atoms with Crippen LogP contribution in [0.25, 0.3) is 0 Å². The van der Waals surface area contributed by atoms with E-state index in [-0.39, 0.29) is 6.61 Å². The van der Waals surface area contributed by atoms with Crippen LogP contribution in [0.3, 0.4) is 0 Å². The van der Waals surface area contributed by atoms with Crippen molar-refractivity contribution in [3.63, 3.8) is 0 Å². The van der Waals surface area contributed by atoms with E-state index >= 15 is 0 Å². The highest BCUT2D eigenvalue weighted by molar-refractivity contribution is 6.31. The molecule has 0 aliphatic heterocycles. The molecule has 20 heavy (non-hydrogen) atoms. The summed E-state index contributed by atoms with van der Waals surface area (Å²) >= 11 is 5.93. The molecule has 0 aromatic heterocycles. The van der Waals surface area contributed by atoms with E-state index in [9.17, 15) is 5.11 Å². The number of benzene rings is 2. The minimum absolute atomic E-state index is 0.0965. The van der Waals surface area contributed by atoms with Crippen molar-refractivity contribution in [2.24, 2.45) is 0 Å². The standard InChI is InChI=1S/C16H14ClNO2/c1-16(19,13-5-3-2-4-6-13)11-20-14-8-7-12(10-18)15(17)9-14/h2-9,19H,11H2,1H3. The fraction of sp³-hybridized carbons (Fsp3) is 0.188. The highest BCUT2D eigenvalue weighted by atomic mass is 35.5. The van der Waals surface area contributed by atoms with Gasteiger partial charge in [0.2, 0.25) is 0 Å². The normalized spacial score (nSPS) is 13.3. The molecule has 0 saturated heterocycles. The molecular weight excluding hydrogens is 274 g/mol. The van der Waals surface area contributed by atoms with Crippen molar-refractivity contribution in [3.05, 3.63) is 64.7 Å². The number of ether oxygens (including phenoxy) is 1. The van der Waals surface area contributed by atoms with Gasteiger partial charge in [0.25, 0.3) is 0 Å². The molecule has 4 heteroatoms. The number of hydrogen-bond acceptors (Lipinski definition) is 3. The van der Waals surface area contributed by atoms with Gasteiger partial charge in [0.15, 0.2) is 0 Å². The van der Waals surface area contributed by atoms with Gasteiger partial charge in [0.1, 0.15) is 24.0 Å². The van der Waals surface area contributed by atoms with Crippen molar-refractivity contribution in [1.82, 2.24) is 0 Å². The second-order valence-corrected chi connectivity index (χ2v) is 5.09. The average molecular weight is 288 g/mol. The maximum Gasteiger partial charge on any atom is 0.121 e. The summed E-state index contributed by atoms with van der Waals surface area (Å²) in [5.74, 6) is 0.519. The van der Waals surface area contributed by atoms with Crippen LogP contribution < -0.4 is 4.74 Å². The second kappa shape index (κ2) is 5.96. The molecule has 0 heterocycles. The molecule has 1 atom stereocenters. The predicted octanol–water partition coefficient (Wildman–Crippen LogP) is 3.50. The quantitative estimate of drug-likeness (QED) is 0.936. The molecule has 0 fully saturated rings. The lowest BCUT2D eigenvalue weighted by Gasteiger charge is -2.24. The molecule has 102 valence electrons. The molecule has 2 aromatic rings. The molecule has 0 aliphatic rings. The number of aliphatic hydroxyl groups is 1. The number of hydrogen-bond donors (Lipinski definition) is 1. The first-order valence-electron chi connectivity index (χ1n) is 6.13. The molecule has 2 rings (SSSR count). The minimum Gasteiger partial charge on any atom is -0.490 e. The number of halogens is 1. The lowest BCUT2D eigenvalue weighted by molar-refractivity contribution is 0.00760. The Morgan fingerprint density at radius 2 is 1.95 bits per heavy atom. The third-order valence-corrected chi connectivity index (χ3v) is 3.29. The molecule has 2 aromatic carbocycles. The Morgan fingerprint density at radius 3 is 2.55 bits per heavy atom. The van der Waals surface area contributed by atoms with Gasteiger partial charge in [-0.05, 0) is 24.6 Å². The Morgan fingerprint density at radius 1 is 1.25 bits per heavy atom. The summed E-state index contributed by atoms with van der Waals surface area (Å²) in [6.07, 6.45) is 0. The molecule has 0 amide bonds. The first-order chi connectivity index (χ1) is 9.53. The Hall–Kier alpha value is -2.02. The Balaban J connectivity index is 2.09. The number of nitriles is 1. The zero-order valence-electron chi connectivity index (χ0n) is 11.0. The largest absolute Gasteiger partial charge is 0.490 e. The fourth-order valence-electron chi connectivity index (χ4n) is 1.78. The highest BCUT2D eigenvalue weighted by Crippen LogP contribution is 2.25. The summed E-state index contributed by atoms with van der Waals surface area (Å²) in [6.45, 7) is 1.78. The van der Waals surface area contributed by atoms with Gasteiger partial charge in [-0.15, -0.1) is 0 Å². The molecule has 0 saturated carbocycles. The average Bonchev–Trinajstić information content (AvgIpc) is 2.46. The van der Waals surface area contributed by atoms with Gasteiger partial charge in [-0.1, -0.05) is 41.9 Å². The van der Waals surface area contributed by atoms with E-state index in [1.165, 1.54) is 0 Å². The number of nitrogens with zero attached hydrogens (tertiary/aromatic N) is 1. The van der Waals surface area contributed by atoms with Gasteiger partial charge in [0, 0.05) is 6.07 Å². The van der Waals surface area contributed by atoms with Crippen molar-refractivity contribution in [3.8, 4) is 11.8 Å². The van der Waals surface area contributed by atoms with Crippen LogP contribution in [-0.4, -0.2) is 11.7 Å². The van der Waals surface area contributed by atoms with E-state index in [0.717, 1.165) is 5.56 Å². The van der Waals surface area contributed by atoms with E-state index in [2.05, 4.69) is 0 Å². The Labute approximate surface area is 123 Å². The Bertz CT molecular complexity index is 633. The maximum atomic E-state index is 10.4. The van der Waals surface area contributed by atoms with Crippen LogP contribution in [0.5, 0.6) is 5.75 Å². The molecule has 0 spiro atoms. The van der Waals surface area contributed by atoms with Gasteiger partial charge in [-0.3, -0.25) is 0 Å². The second-order valence-electron chi connectivity index (χ2n) is 4.68. The summed E-state index contributed by atoms with van der Waals surface area (Å²) in [6, 6.07) is 16.1. The van der Waals surface area contributed by atoms with Crippen molar-refractivity contribution in [1.29, 1.82) is 5.26 Å². The molecule has 1 unspecified atom stereocenters. The van der Waals surface area contributed by atoms with E-state index in [1.54, 1.807) is 25.1 Å². The summed E-state index contributed by atoms with van der Waals surface area (Å²) in [7, 11) is 0. The van der Waals surface area contributed by atoms with Crippen molar-refractivity contribution < 1.29 is 9.84 Å². The van der Waals surface area contributed by atoms with Crippen LogP contribution in [0.2, 0.25) is 5.02 Å². The first-order valence-corrected chi connectivity index (χ1v) is 6.51. The van der Waals surface area contributed by atoms with Gasteiger partial charge in [-0.2, -0.15) is 5.26 Å². The van der Waals surface area contributed by atoms with Crippen molar-refractivity contribution in [2.75, 3.05) is 6.61 Å². The molecule has 0 radical (unpaired) electrons.